The number of hydrogen-bond donors (Lipinski definition) is 2. The molecule has 0 aliphatic heterocycles. The van der Waals surface area contributed by atoms with E-state index in [0.29, 0.717) is 0 Å². The largest absolute Gasteiger partial charge is 0.332 e. The van der Waals surface area contributed by atoms with Gasteiger partial charge in [0, 0.05) is 18.2 Å². The molecule has 0 heterocycles. The predicted octanol–water partition coefficient (Wildman–Crippen LogP) is 2.48. The fraction of sp³-hybridized carbons (Fsp3) is 0.500. The summed E-state index contributed by atoms with van der Waals surface area (Å²) in [6.45, 7) is 0. The van der Waals surface area contributed by atoms with Gasteiger partial charge < -0.3 is 3.53 Å². The molecular weight excluding hydrogens is 307 g/mol. The van der Waals surface area contributed by atoms with E-state index in [2.05, 4.69) is 51.4 Å². The molecule has 0 spiro atoms. The molecule has 1 atom stereocenters. The number of hydrogen-bond acceptors (Lipinski definition) is 2. The average Bonchev–Trinajstić information content (AvgIpc) is 2.59. The summed E-state index contributed by atoms with van der Waals surface area (Å²) in [6, 6.07) is 0. The fourth-order valence-corrected chi connectivity index (χ4v) is 2.64. The van der Waals surface area contributed by atoms with Crippen molar-refractivity contribution in [1.29, 1.82) is 0 Å². The van der Waals surface area contributed by atoms with Crippen molar-refractivity contribution in [1.82, 2.24) is 3.53 Å². The number of nitrogens with zero attached hydrogens (tertiary/aromatic N) is 1. The minimum Gasteiger partial charge on any atom is -0.332 e. The molecule has 2 aliphatic carbocycles. The van der Waals surface area contributed by atoms with E-state index in [1.165, 1.54) is 29.8 Å². The third-order valence-corrected chi connectivity index (χ3v) is 3.85. The van der Waals surface area contributed by atoms with Crippen molar-refractivity contribution < 1.29 is 3.98 Å². The molecule has 0 aromatic heterocycles. The van der Waals surface area contributed by atoms with Gasteiger partial charge in [-0.25, -0.2) is 0 Å². The maximum Gasteiger partial charge on any atom is 0.190 e. The van der Waals surface area contributed by atoms with Gasteiger partial charge in [0.15, 0.2) is 5.71 Å². The topological polar surface area (TPSA) is 15.0 Å². The Balaban J connectivity index is 2.27. The van der Waals surface area contributed by atoms with Gasteiger partial charge in [-0.1, -0.05) is 0 Å². The van der Waals surface area contributed by atoms with Gasteiger partial charge in [-0.2, -0.15) is 3.98 Å². The maximum absolute atomic E-state index is 4.33. The van der Waals surface area contributed by atoms with Crippen LogP contribution in [0.5, 0.6) is 0 Å². The lowest BCUT2D eigenvalue weighted by atomic mass is 9.89. The number of allylic oxidation sites excluding steroid dienone is 4. The molecular formula is C10H14IN2S+. The van der Waals surface area contributed by atoms with Crippen molar-refractivity contribution in [2.45, 2.75) is 19.3 Å². The lowest BCUT2D eigenvalue weighted by molar-refractivity contribution is -0.301. The number of nitrogens with one attached hydrogen (secondary N) is 1. The summed E-state index contributed by atoms with van der Waals surface area (Å²) in [5, 5.41) is 0. The number of rotatable bonds is 1. The van der Waals surface area contributed by atoms with E-state index in [-0.39, 0.29) is 0 Å². The number of thiol groups is 1. The highest BCUT2D eigenvalue weighted by Gasteiger charge is 2.29. The standard InChI is InChI=1S/C10H13IN2S/c1-13(14)10-5-7-2-3-9(12-11)4-8(7)6-10/h4,6-7,14H,2-3,5H2,1H3/p+1. The van der Waals surface area contributed by atoms with E-state index in [0.717, 1.165) is 12.3 Å². The van der Waals surface area contributed by atoms with Crippen LogP contribution in [0, 0.1) is 5.92 Å². The van der Waals surface area contributed by atoms with Gasteiger partial charge in [-0.05, 0) is 30.4 Å². The molecule has 2 rings (SSSR count). The van der Waals surface area contributed by atoms with Crippen LogP contribution in [-0.4, -0.2) is 16.7 Å². The van der Waals surface area contributed by atoms with Crippen LogP contribution in [0.3, 0.4) is 0 Å². The monoisotopic (exact) mass is 321 g/mol. The Morgan fingerprint density at radius 3 is 3.00 bits per heavy atom. The summed E-state index contributed by atoms with van der Waals surface area (Å²) in [5.74, 6) is 0.730. The Morgan fingerprint density at radius 2 is 2.36 bits per heavy atom. The minimum absolute atomic E-state index is 0.730. The van der Waals surface area contributed by atoms with Crippen molar-refractivity contribution >= 4 is 41.4 Å². The van der Waals surface area contributed by atoms with Crippen molar-refractivity contribution in [2.75, 3.05) is 7.05 Å². The molecule has 2 nitrogen and oxygen atoms in total. The third-order valence-electron chi connectivity index (χ3n) is 2.90. The highest BCUT2D eigenvalue weighted by molar-refractivity contribution is 14.1. The lowest BCUT2D eigenvalue weighted by Crippen LogP contribution is -2.11. The molecule has 0 saturated heterocycles. The smallest absolute Gasteiger partial charge is 0.190 e. The summed E-state index contributed by atoms with van der Waals surface area (Å²) < 4.78 is 5.14. The van der Waals surface area contributed by atoms with Crippen LogP contribution >= 0.6 is 35.7 Å². The lowest BCUT2D eigenvalue weighted by Gasteiger charge is -2.18. The van der Waals surface area contributed by atoms with Crippen molar-refractivity contribution in [2.24, 2.45) is 5.92 Å². The zero-order valence-corrected chi connectivity index (χ0v) is 11.2. The van der Waals surface area contributed by atoms with Gasteiger partial charge in [-0.15, -0.1) is 0 Å². The second kappa shape index (κ2) is 4.26. The second-order valence-corrected chi connectivity index (χ2v) is 5.00. The van der Waals surface area contributed by atoms with Gasteiger partial charge in [0.2, 0.25) is 0 Å². The van der Waals surface area contributed by atoms with Crippen molar-refractivity contribution in [3.05, 3.63) is 23.4 Å². The molecule has 0 aromatic carbocycles. The summed E-state index contributed by atoms with van der Waals surface area (Å²) in [7, 11) is 1.99. The average molecular weight is 321 g/mol. The van der Waals surface area contributed by atoms with Gasteiger partial charge in [0.25, 0.3) is 0 Å². The summed E-state index contributed by atoms with van der Waals surface area (Å²) in [5.41, 5.74) is 4.14. The van der Waals surface area contributed by atoms with Crippen LogP contribution in [0.25, 0.3) is 0 Å². The van der Waals surface area contributed by atoms with Crippen LogP contribution in [0.1, 0.15) is 19.3 Å². The molecule has 76 valence electrons. The van der Waals surface area contributed by atoms with Crippen molar-refractivity contribution in [3.63, 3.8) is 0 Å². The highest BCUT2D eigenvalue weighted by atomic mass is 127. The summed E-state index contributed by atoms with van der Waals surface area (Å²) >= 11 is 6.53. The zero-order valence-electron chi connectivity index (χ0n) is 8.13. The van der Waals surface area contributed by atoms with E-state index >= 15 is 0 Å². The predicted molar refractivity (Wildman–Crippen MR) is 70.8 cm³/mol. The van der Waals surface area contributed by atoms with E-state index < -0.39 is 0 Å². The van der Waals surface area contributed by atoms with E-state index in [1.807, 2.05) is 11.0 Å². The number of halogens is 1. The number of fused-ring (bicyclic) bond motifs is 1. The van der Waals surface area contributed by atoms with E-state index in [1.54, 1.807) is 0 Å². The van der Waals surface area contributed by atoms with Crippen molar-refractivity contribution in [3.8, 4) is 0 Å². The Kier molecular flexibility index (Phi) is 3.21. The molecule has 14 heavy (non-hydrogen) atoms. The van der Waals surface area contributed by atoms with E-state index in [9.17, 15) is 0 Å². The molecule has 0 aromatic rings. The first-order valence-electron chi connectivity index (χ1n) is 4.78. The fourth-order valence-electron chi connectivity index (χ4n) is 2.07. The van der Waals surface area contributed by atoms with Crippen LogP contribution in [0.15, 0.2) is 23.4 Å². The first-order chi connectivity index (χ1) is 6.70. The Hall–Kier alpha value is 0.0300. The molecule has 2 aliphatic rings. The quantitative estimate of drug-likeness (QED) is 0.328. The van der Waals surface area contributed by atoms with Crippen LogP contribution < -0.4 is 3.53 Å². The van der Waals surface area contributed by atoms with Gasteiger partial charge in [0.05, 0.1) is 22.9 Å². The van der Waals surface area contributed by atoms with E-state index in [4.69, 9.17) is 0 Å². The van der Waals surface area contributed by atoms with Gasteiger partial charge in [0.1, 0.15) is 19.9 Å². The normalized spacial score (nSPS) is 29.2. The first-order valence-corrected chi connectivity index (χ1v) is 6.26. The first kappa shape index (κ1) is 10.5. The Bertz CT molecular complexity index is 340. The molecule has 0 saturated carbocycles. The molecule has 0 amide bonds. The zero-order chi connectivity index (χ0) is 10.1. The minimum atomic E-state index is 0.730. The maximum atomic E-state index is 4.33. The highest BCUT2D eigenvalue weighted by Crippen LogP contribution is 2.35. The summed E-state index contributed by atoms with van der Waals surface area (Å²) in [4.78, 5) is 0. The SMILES string of the molecule is C/[N+](S)=C1\C=C2C=C(NI)CCC2C1. The van der Waals surface area contributed by atoms with Crippen LogP contribution in [0.2, 0.25) is 0 Å². The molecule has 0 radical (unpaired) electrons. The van der Waals surface area contributed by atoms with Crippen LogP contribution in [-0.2, 0) is 0 Å². The molecule has 1 unspecified atom stereocenters. The molecule has 4 heteroatoms. The molecule has 0 bridgehead atoms. The Labute approximate surface area is 104 Å². The summed E-state index contributed by atoms with van der Waals surface area (Å²) in [6.07, 6.45) is 8.14. The van der Waals surface area contributed by atoms with Gasteiger partial charge >= 0.3 is 0 Å². The molecule has 0 fully saturated rings. The van der Waals surface area contributed by atoms with Crippen LogP contribution in [0.4, 0.5) is 0 Å². The van der Waals surface area contributed by atoms with Gasteiger partial charge in [-0.3, -0.25) is 0 Å². The second-order valence-electron chi connectivity index (χ2n) is 3.86. The molecule has 1 N–H and O–H groups in total. The Morgan fingerprint density at radius 1 is 1.57 bits per heavy atom. The third kappa shape index (κ3) is 2.00.